The molecule has 0 aliphatic carbocycles. The lowest BCUT2D eigenvalue weighted by Gasteiger charge is -2.00. The molecule has 0 amide bonds. The summed E-state index contributed by atoms with van der Waals surface area (Å²) >= 11 is 0. The lowest BCUT2D eigenvalue weighted by Crippen LogP contribution is -1.90. The lowest BCUT2D eigenvalue weighted by atomic mass is 10.1. The van der Waals surface area contributed by atoms with Crippen LogP contribution in [0.1, 0.15) is 12.6 Å². The first-order valence-electron chi connectivity index (χ1n) is 5.27. The van der Waals surface area contributed by atoms with E-state index in [1.54, 1.807) is 24.5 Å². The molecule has 0 unspecified atom stereocenters. The van der Waals surface area contributed by atoms with Crippen LogP contribution in [-0.4, -0.2) is 11.7 Å². The second-order valence-electron chi connectivity index (χ2n) is 3.50. The van der Waals surface area contributed by atoms with E-state index in [0.29, 0.717) is 6.42 Å². The zero-order valence-corrected chi connectivity index (χ0v) is 9.81. The Morgan fingerprint density at radius 2 is 2.35 bits per heavy atom. The second-order valence-corrected chi connectivity index (χ2v) is 3.50. The van der Waals surface area contributed by atoms with Crippen molar-refractivity contribution in [2.75, 3.05) is 0 Å². The van der Waals surface area contributed by atoms with Crippen molar-refractivity contribution in [1.82, 2.24) is 4.98 Å². The molecule has 0 aliphatic rings. The Morgan fingerprint density at radius 1 is 1.53 bits per heavy atom. The fourth-order valence-electron chi connectivity index (χ4n) is 1.28. The van der Waals surface area contributed by atoms with Gasteiger partial charge in [0, 0.05) is 24.5 Å². The highest BCUT2D eigenvalue weighted by Crippen LogP contribution is 2.07. The van der Waals surface area contributed by atoms with Gasteiger partial charge in [-0.2, -0.15) is 0 Å². The summed E-state index contributed by atoms with van der Waals surface area (Å²) in [6, 6.07) is 5.72. The third-order valence-electron chi connectivity index (χ3n) is 2.00. The number of hydrogen-bond acceptors (Lipinski definition) is 2. The molecule has 0 aromatic carbocycles. The molecule has 1 aromatic heterocycles. The number of pyridine rings is 1. The topological polar surface area (TPSA) is 25.2 Å². The van der Waals surface area contributed by atoms with Crippen LogP contribution >= 0.6 is 0 Å². The van der Waals surface area contributed by atoms with Gasteiger partial charge in [-0.3, -0.25) is 9.98 Å². The maximum Gasteiger partial charge on any atom is 0.0968 e. The molecule has 0 radical (unpaired) electrons. The van der Waals surface area contributed by atoms with E-state index in [9.17, 15) is 4.39 Å². The molecular formula is C14H15FN2. The molecule has 2 nitrogen and oxygen atoms in total. The summed E-state index contributed by atoms with van der Waals surface area (Å²) < 4.78 is 12.5. The van der Waals surface area contributed by atoms with E-state index in [0.717, 1.165) is 11.3 Å². The third kappa shape index (κ3) is 5.56. The van der Waals surface area contributed by atoms with Gasteiger partial charge in [-0.15, -0.1) is 0 Å². The summed E-state index contributed by atoms with van der Waals surface area (Å²) in [4.78, 5) is 7.94. The number of aliphatic imine (C=N–C) groups is 1. The van der Waals surface area contributed by atoms with E-state index in [2.05, 4.69) is 16.7 Å². The normalized spacial score (nSPS) is 13.1. The quantitative estimate of drug-likeness (QED) is 0.560. The maximum absolute atomic E-state index is 12.5. The monoisotopic (exact) mass is 230 g/mol. The molecule has 3 heteroatoms. The molecule has 0 atom stereocenters. The Labute approximate surface area is 101 Å². The van der Waals surface area contributed by atoms with Crippen LogP contribution in [0.25, 0.3) is 0 Å². The van der Waals surface area contributed by atoms with Crippen molar-refractivity contribution in [2.45, 2.75) is 13.3 Å². The Balaban J connectivity index is 2.75. The van der Waals surface area contributed by atoms with Crippen molar-refractivity contribution in [2.24, 2.45) is 4.99 Å². The molecule has 0 saturated carbocycles. The van der Waals surface area contributed by atoms with Crippen molar-refractivity contribution in [3.63, 3.8) is 0 Å². The van der Waals surface area contributed by atoms with Gasteiger partial charge in [0.2, 0.25) is 0 Å². The zero-order chi connectivity index (χ0) is 12.5. The summed E-state index contributed by atoms with van der Waals surface area (Å²) in [6.07, 6.45) is 8.88. The van der Waals surface area contributed by atoms with Crippen molar-refractivity contribution >= 4 is 6.72 Å². The number of rotatable bonds is 5. The standard InChI is InChI=1S/C14H15FN2/c1-12(15)6-5-7-13(11-16-2)10-14-8-3-4-9-17-14/h3-9,11H,2,10H2,1H3/b7-5+,12-6+,13-11+. The zero-order valence-electron chi connectivity index (χ0n) is 9.81. The Morgan fingerprint density at radius 3 is 2.94 bits per heavy atom. The highest BCUT2D eigenvalue weighted by molar-refractivity contribution is 5.32. The van der Waals surface area contributed by atoms with Crippen molar-refractivity contribution in [3.8, 4) is 0 Å². The van der Waals surface area contributed by atoms with Crippen molar-refractivity contribution in [1.29, 1.82) is 0 Å². The molecule has 1 rings (SSSR count). The highest BCUT2D eigenvalue weighted by atomic mass is 19.1. The minimum absolute atomic E-state index is 0.231. The van der Waals surface area contributed by atoms with E-state index in [1.807, 2.05) is 18.2 Å². The number of nitrogens with zero attached hydrogens (tertiary/aromatic N) is 2. The minimum atomic E-state index is -0.231. The maximum atomic E-state index is 12.5. The van der Waals surface area contributed by atoms with Crippen LogP contribution in [0.5, 0.6) is 0 Å². The predicted octanol–water partition coefficient (Wildman–Crippen LogP) is 3.64. The van der Waals surface area contributed by atoms with Crippen LogP contribution in [0.4, 0.5) is 4.39 Å². The van der Waals surface area contributed by atoms with Gasteiger partial charge in [0.15, 0.2) is 0 Å². The van der Waals surface area contributed by atoms with Crippen molar-refractivity contribution in [3.05, 3.63) is 65.9 Å². The van der Waals surface area contributed by atoms with E-state index in [-0.39, 0.29) is 5.83 Å². The fraction of sp³-hybridized carbons (Fsp3) is 0.143. The van der Waals surface area contributed by atoms with Gasteiger partial charge in [0.05, 0.1) is 5.83 Å². The number of hydrogen-bond donors (Lipinski definition) is 0. The molecule has 17 heavy (non-hydrogen) atoms. The van der Waals surface area contributed by atoms with Gasteiger partial charge in [0.1, 0.15) is 0 Å². The van der Waals surface area contributed by atoms with Crippen LogP contribution in [-0.2, 0) is 6.42 Å². The van der Waals surface area contributed by atoms with Gasteiger partial charge < -0.3 is 0 Å². The van der Waals surface area contributed by atoms with Crippen LogP contribution in [0, 0.1) is 0 Å². The third-order valence-corrected chi connectivity index (χ3v) is 2.00. The van der Waals surface area contributed by atoms with Gasteiger partial charge >= 0.3 is 0 Å². The first-order valence-corrected chi connectivity index (χ1v) is 5.27. The molecular weight excluding hydrogens is 215 g/mol. The summed E-state index contributed by atoms with van der Waals surface area (Å²) in [5, 5.41) is 0. The van der Waals surface area contributed by atoms with Crippen molar-refractivity contribution < 1.29 is 4.39 Å². The van der Waals surface area contributed by atoms with Crippen LogP contribution < -0.4 is 0 Å². The summed E-state index contributed by atoms with van der Waals surface area (Å²) in [6.45, 7) is 4.82. The molecule has 1 heterocycles. The molecule has 0 spiro atoms. The van der Waals surface area contributed by atoms with E-state index in [1.165, 1.54) is 13.0 Å². The van der Waals surface area contributed by atoms with Crippen LogP contribution in [0.15, 0.2) is 65.2 Å². The number of aromatic nitrogens is 1. The predicted molar refractivity (Wildman–Crippen MR) is 69.6 cm³/mol. The molecule has 88 valence electrons. The Hall–Kier alpha value is -2.03. The van der Waals surface area contributed by atoms with E-state index in [4.69, 9.17) is 0 Å². The van der Waals surface area contributed by atoms with Gasteiger partial charge in [-0.25, -0.2) is 4.39 Å². The second kappa shape index (κ2) is 7.28. The van der Waals surface area contributed by atoms with Crippen LogP contribution in [0.3, 0.4) is 0 Å². The van der Waals surface area contributed by atoms with E-state index >= 15 is 0 Å². The SMILES string of the molecule is C=N\C=C(/C=C/C=C(\C)F)Cc1ccccn1. The first-order chi connectivity index (χ1) is 8.22. The highest BCUT2D eigenvalue weighted by Gasteiger charge is 1.96. The lowest BCUT2D eigenvalue weighted by molar-refractivity contribution is 0.640. The minimum Gasteiger partial charge on any atom is -0.272 e. The molecule has 0 aliphatic heterocycles. The van der Waals surface area contributed by atoms with Gasteiger partial charge in [-0.1, -0.05) is 18.2 Å². The smallest absolute Gasteiger partial charge is 0.0968 e. The molecule has 0 saturated heterocycles. The number of allylic oxidation sites excluding steroid dienone is 5. The fourth-order valence-corrected chi connectivity index (χ4v) is 1.28. The average Bonchev–Trinajstić information content (AvgIpc) is 2.30. The molecule has 1 aromatic rings. The molecule has 0 N–H and O–H groups in total. The Kier molecular flexibility index (Phi) is 5.58. The first kappa shape index (κ1) is 13.0. The van der Waals surface area contributed by atoms with Gasteiger partial charge in [0.25, 0.3) is 0 Å². The average molecular weight is 230 g/mol. The number of halogens is 1. The van der Waals surface area contributed by atoms with E-state index < -0.39 is 0 Å². The summed E-state index contributed by atoms with van der Waals surface area (Å²) in [5.74, 6) is -0.231. The van der Waals surface area contributed by atoms with Gasteiger partial charge in [-0.05, 0) is 37.4 Å². The van der Waals surface area contributed by atoms with Crippen LogP contribution in [0.2, 0.25) is 0 Å². The molecule has 0 bridgehead atoms. The largest absolute Gasteiger partial charge is 0.272 e. The molecule has 0 fully saturated rings. The summed E-state index contributed by atoms with van der Waals surface area (Å²) in [5.41, 5.74) is 1.87. The summed E-state index contributed by atoms with van der Waals surface area (Å²) in [7, 11) is 0. The Bertz CT molecular complexity index is 441.